The monoisotopic (exact) mass is 428 g/mol. The molecule has 142 valence electrons. The fraction of sp³-hybridized carbons (Fsp3) is 0.222. The first-order chi connectivity index (χ1) is 12.8. The smallest absolute Gasteiger partial charge is 0.276 e. The van der Waals surface area contributed by atoms with Crippen LogP contribution in [-0.2, 0) is 9.59 Å². The Balaban J connectivity index is 1.73. The molecule has 2 amide bonds. The Morgan fingerprint density at radius 3 is 2.63 bits per heavy atom. The van der Waals surface area contributed by atoms with Crippen molar-refractivity contribution in [1.29, 1.82) is 0 Å². The summed E-state index contributed by atoms with van der Waals surface area (Å²) in [5.74, 6) is 0.210. The number of fused-ring (bicyclic) bond motifs is 1. The van der Waals surface area contributed by atoms with Gasteiger partial charge in [0.1, 0.15) is 18.1 Å². The second-order valence-corrected chi connectivity index (χ2v) is 7.91. The number of benzene rings is 2. The maximum absolute atomic E-state index is 12.3. The van der Waals surface area contributed by atoms with Crippen molar-refractivity contribution in [2.45, 2.75) is 3.79 Å². The number of anilines is 2. The molecule has 2 aromatic carbocycles. The summed E-state index contributed by atoms with van der Waals surface area (Å²) in [4.78, 5) is 25.7. The summed E-state index contributed by atoms with van der Waals surface area (Å²) >= 11 is 16.7. The number of hydrogen-bond acceptors (Lipinski definition) is 4. The predicted octanol–water partition coefficient (Wildman–Crippen LogP) is 3.80. The quantitative estimate of drug-likeness (QED) is 0.734. The molecule has 0 saturated heterocycles. The normalized spacial score (nSPS) is 13.6. The highest BCUT2D eigenvalue weighted by molar-refractivity contribution is 6.76. The molecular formula is C18H15Cl3N2O4. The molecule has 0 atom stereocenters. The summed E-state index contributed by atoms with van der Waals surface area (Å²) in [6.07, 6.45) is 0. The zero-order valence-corrected chi connectivity index (χ0v) is 16.2. The average Bonchev–Trinajstić information content (AvgIpc) is 2.63. The van der Waals surface area contributed by atoms with Gasteiger partial charge in [-0.1, -0.05) is 53.0 Å². The van der Waals surface area contributed by atoms with Gasteiger partial charge in [0.05, 0.1) is 12.2 Å². The van der Waals surface area contributed by atoms with Crippen LogP contribution in [0.1, 0.15) is 0 Å². The van der Waals surface area contributed by atoms with Crippen molar-refractivity contribution in [3.05, 3.63) is 48.5 Å². The van der Waals surface area contributed by atoms with Crippen molar-refractivity contribution in [3.8, 4) is 11.5 Å². The largest absolute Gasteiger partial charge is 0.492 e. The van der Waals surface area contributed by atoms with Crippen LogP contribution in [0.5, 0.6) is 11.5 Å². The number of carbonyl (C=O) groups excluding carboxylic acids is 2. The lowest BCUT2D eigenvalue weighted by Crippen LogP contribution is -2.41. The molecule has 0 aliphatic carbocycles. The van der Waals surface area contributed by atoms with E-state index in [0.29, 0.717) is 36.0 Å². The Morgan fingerprint density at radius 2 is 1.93 bits per heavy atom. The highest BCUT2D eigenvalue weighted by Gasteiger charge is 2.31. The number of rotatable bonds is 5. The molecule has 3 rings (SSSR count). The van der Waals surface area contributed by atoms with Gasteiger partial charge in [0, 0.05) is 5.69 Å². The molecule has 0 fully saturated rings. The maximum Gasteiger partial charge on any atom is 0.276 e. The molecule has 1 aliphatic heterocycles. The Morgan fingerprint density at radius 1 is 1.19 bits per heavy atom. The number of alkyl halides is 3. The molecule has 0 bridgehead atoms. The Labute approximate surface area is 170 Å². The first-order valence-corrected chi connectivity index (χ1v) is 9.11. The number of nitrogens with one attached hydrogen (secondary N) is 1. The second kappa shape index (κ2) is 8.25. The fourth-order valence-corrected chi connectivity index (χ4v) is 2.64. The van der Waals surface area contributed by atoms with Crippen molar-refractivity contribution >= 4 is 58.0 Å². The van der Waals surface area contributed by atoms with Crippen LogP contribution in [0.25, 0.3) is 0 Å². The maximum atomic E-state index is 12.3. The Kier molecular flexibility index (Phi) is 5.99. The standard InChI is InChI=1S/C18H15Cl3N2O4/c19-18(20,21)17(25)22-12-6-7-15-14(10-12)23(16(24)11-27-15)8-9-26-13-4-2-1-3-5-13/h1-7,10H,8-9,11H2,(H,22,25). The SMILES string of the molecule is O=C1COc2ccc(NC(=O)C(Cl)(Cl)Cl)cc2N1CCOc1ccccc1. The van der Waals surface area contributed by atoms with Gasteiger partial charge in [-0.05, 0) is 30.3 Å². The van der Waals surface area contributed by atoms with Crippen LogP contribution in [0.3, 0.4) is 0 Å². The topological polar surface area (TPSA) is 67.9 Å². The number of amides is 2. The fourth-order valence-electron chi connectivity index (χ4n) is 2.50. The lowest BCUT2D eigenvalue weighted by molar-refractivity contribution is -0.121. The summed E-state index contributed by atoms with van der Waals surface area (Å²) in [5, 5.41) is 2.49. The summed E-state index contributed by atoms with van der Waals surface area (Å²) in [6, 6.07) is 14.1. The van der Waals surface area contributed by atoms with E-state index in [1.54, 1.807) is 18.2 Å². The van der Waals surface area contributed by atoms with Gasteiger partial charge in [-0.2, -0.15) is 0 Å². The zero-order chi connectivity index (χ0) is 19.4. The molecule has 1 N–H and O–H groups in total. The molecule has 0 spiro atoms. The minimum absolute atomic E-state index is 0.0712. The molecular weight excluding hydrogens is 415 g/mol. The molecule has 1 aliphatic rings. The minimum atomic E-state index is -2.09. The number of carbonyl (C=O) groups is 2. The van der Waals surface area contributed by atoms with Gasteiger partial charge in [-0.15, -0.1) is 0 Å². The third-order valence-electron chi connectivity index (χ3n) is 3.74. The number of para-hydroxylation sites is 1. The average molecular weight is 430 g/mol. The van der Waals surface area contributed by atoms with Crippen molar-refractivity contribution in [2.24, 2.45) is 0 Å². The molecule has 0 unspecified atom stereocenters. The van der Waals surface area contributed by atoms with Gasteiger partial charge in [-0.25, -0.2) is 0 Å². The predicted molar refractivity (Wildman–Crippen MR) is 105 cm³/mol. The lowest BCUT2D eigenvalue weighted by atomic mass is 10.2. The van der Waals surface area contributed by atoms with Crippen LogP contribution in [0.4, 0.5) is 11.4 Å². The van der Waals surface area contributed by atoms with Crippen LogP contribution >= 0.6 is 34.8 Å². The molecule has 0 saturated carbocycles. The third kappa shape index (κ3) is 4.97. The molecule has 6 nitrogen and oxygen atoms in total. The highest BCUT2D eigenvalue weighted by Crippen LogP contribution is 2.35. The van der Waals surface area contributed by atoms with E-state index in [1.807, 2.05) is 30.3 Å². The van der Waals surface area contributed by atoms with Crippen molar-refractivity contribution < 1.29 is 19.1 Å². The molecule has 0 radical (unpaired) electrons. The Bertz CT molecular complexity index is 840. The summed E-state index contributed by atoms with van der Waals surface area (Å²) in [6.45, 7) is 0.532. The van der Waals surface area contributed by atoms with Gasteiger partial charge in [0.15, 0.2) is 6.61 Å². The van der Waals surface area contributed by atoms with E-state index in [1.165, 1.54) is 4.90 Å². The van der Waals surface area contributed by atoms with Crippen molar-refractivity contribution in [2.75, 3.05) is 30.0 Å². The molecule has 0 aromatic heterocycles. The summed E-state index contributed by atoms with van der Waals surface area (Å²) in [7, 11) is 0. The van der Waals surface area contributed by atoms with Crippen LogP contribution in [0.15, 0.2) is 48.5 Å². The number of halogens is 3. The van der Waals surface area contributed by atoms with Crippen LogP contribution in [0.2, 0.25) is 0 Å². The van der Waals surface area contributed by atoms with Gasteiger partial charge >= 0.3 is 0 Å². The van der Waals surface area contributed by atoms with E-state index >= 15 is 0 Å². The summed E-state index contributed by atoms with van der Waals surface area (Å²) < 4.78 is 9.00. The molecule has 2 aromatic rings. The van der Waals surface area contributed by atoms with Crippen LogP contribution < -0.4 is 19.7 Å². The van der Waals surface area contributed by atoms with E-state index in [-0.39, 0.29) is 12.5 Å². The van der Waals surface area contributed by atoms with Gasteiger partial charge < -0.3 is 19.7 Å². The highest BCUT2D eigenvalue weighted by atomic mass is 35.6. The van der Waals surface area contributed by atoms with Gasteiger partial charge in [-0.3, -0.25) is 9.59 Å². The lowest BCUT2D eigenvalue weighted by Gasteiger charge is -2.29. The molecule has 27 heavy (non-hydrogen) atoms. The van der Waals surface area contributed by atoms with E-state index in [4.69, 9.17) is 44.3 Å². The Hall–Kier alpha value is -2.15. The van der Waals surface area contributed by atoms with Gasteiger partial charge in [0.2, 0.25) is 0 Å². The zero-order valence-electron chi connectivity index (χ0n) is 14.0. The first-order valence-electron chi connectivity index (χ1n) is 7.98. The van der Waals surface area contributed by atoms with E-state index < -0.39 is 9.70 Å². The number of hydrogen-bond donors (Lipinski definition) is 1. The molecule has 9 heteroatoms. The number of ether oxygens (including phenoxy) is 2. The third-order valence-corrected chi connectivity index (χ3v) is 4.26. The van der Waals surface area contributed by atoms with E-state index in [2.05, 4.69) is 5.32 Å². The van der Waals surface area contributed by atoms with Crippen LogP contribution in [-0.4, -0.2) is 35.4 Å². The first kappa shape index (κ1) is 19.6. The minimum Gasteiger partial charge on any atom is -0.492 e. The van der Waals surface area contributed by atoms with E-state index in [9.17, 15) is 9.59 Å². The van der Waals surface area contributed by atoms with Crippen molar-refractivity contribution in [3.63, 3.8) is 0 Å². The number of nitrogens with zero attached hydrogens (tertiary/aromatic N) is 1. The van der Waals surface area contributed by atoms with Crippen LogP contribution in [0, 0.1) is 0 Å². The van der Waals surface area contributed by atoms with Crippen molar-refractivity contribution in [1.82, 2.24) is 0 Å². The van der Waals surface area contributed by atoms with Gasteiger partial charge in [0.25, 0.3) is 15.6 Å². The molecule has 1 heterocycles. The second-order valence-electron chi connectivity index (χ2n) is 5.63. The summed E-state index contributed by atoms with van der Waals surface area (Å²) in [5.41, 5.74) is 0.877. The van der Waals surface area contributed by atoms with E-state index in [0.717, 1.165) is 0 Å².